The highest BCUT2D eigenvalue weighted by Crippen LogP contribution is 2.32. The predicted molar refractivity (Wildman–Crippen MR) is 92.9 cm³/mol. The molecule has 0 bridgehead atoms. The molecule has 0 aliphatic rings. The van der Waals surface area contributed by atoms with Crippen molar-refractivity contribution in [1.29, 1.82) is 0 Å². The number of nitrogens with one attached hydrogen (secondary N) is 1. The Bertz CT molecular complexity index is 805. The van der Waals surface area contributed by atoms with Crippen molar-refractivity contribution in [3.63, 3.8) is 0 Å². The van der Waals surface area contributed by atoms with E-state index in [-0.39, 0.29) is 20.8 Å². The number of amides is 1. The molecule has 6 nitrogen and oxygen atoms in total. The van der Waals surface area contributed by atoms with Crippen molar-refractivity contribution in [2.24, 2.45) is 7.05 Å². The molecule has 1 amide bonds. The molecule has 1 N–H and O–H groups in total. The van der Waals surface area contributed by atoms with E-state index in [4.69, 9.17) is 39.5 Å². The van der Waals surface area contributed by atoms with E-state index in [0.717, 1.165) is 0 Å². The molecule has 0 aliphatic carbocycles. The first-order valence-corrected chi connectivity index (χ1v) is 7.99. The van der Waals surface area contributed by atoms with Crippen LogP contribution in [0.3, 0.4) is 0 Å². The summed E-state index contributed by atoms with van der Waals surface area (Å²) in [7, 11) is 1.70. The number of esters is 1. The van der Waals surface area contributed by atoms with Crippen LogP contribution in [-0.2, 0) is 16.6 Å². The van der Waals surface area contributed by atoms with Crippen LogP contribution in [0.4, 0.5) is 5.69 Å². The van der Waals surface area contributed by atoms with Crippen molar-refractivity contribution in [3.8, 4) is 0 Å². The third-order valence-electron chi connectivity index (χ3n) is 3.38. The number of rotatable bonds is 4. The van der Waals surface area contributed by atoms with Crippen molar-refractivity contribution < 1.29 is 14.3 Å². The lowest BCUT2D eigenvalue weighted by atomic mass is 10.2. The summed E-state index contributed by atoms with van der Waals surface area (Å²) in [6, 6.07) is 2.83. The Hall–Kier alpha value is -1.76. The fourth-order valence-electron chi connectivity index (χ4n) is 1.83. The highest BCUT2D eigenvalue weighted by molar-refractivity contribution is 6.44. The number of hydrogen-bond acceptors (Lipinski definition) is 4. The molecule has 9 heteroatoms. The quantitative estimate of drug-likeness (QED) is 0.635. The molecule has 1 heterocycles. The average molecular weight is 391 g/mol. The van der Waals surface area contributed by atoms with Crippen LogP contribution in [0.5, 0.6) is 0 Å². The lowest BCUT2D eigenvalue weighted by Crippen LogP contribution is -2.30. The molecular weight excluding hydrogens is 377 g/mol. The summed E-state index contributed by atoms with van der Waals surface area (Å²) in [5.74, 6) is -1.19. The maximum Gasteiger partial charge on any atom is 0.342 e. The van der Waals surface area contributed by atoms with E-state index in [1.165, 1.54) is 29.9 Å². The zero-order valence-electron chi connectivity index (χ0n) is 13.1. The Balaban J connectivity index is 2.06. The van der Waals surface area contributed by atoms with E-state index in [0.29, 0.717) is 11.3 Å². The smallest absolute Gasteiger partial charge is 0.342 e. The Kier molecular flexibility index (Phi) is 5.74. The number of ether oxygens (including phenoxy) is 1. The summed E-state index contributed by atoms with van der Waals surface area (Å²) in [5, 5.41) is 7.23. The monoisotopic (exact) mass is 389 g/mol. The zero-order valence-corrected chi connectivity index (χ0v) is 15.3. The van der Waals surface area contributed by atoms with Gasteiger partial charge in [0.05, 0.1) is 27.0 Å². The highest BCUT2D eigenvalue weighted by Gasteiger charge is 2.22. The van der Waals surface area contributed by atoms with Gasteiger partial charge in [-0.2, -0.15) is 5.10 Å². The summed E-state index contributed by atoms with van der Waals surface area (Å²) in [6.07, 6.45) is 0.348. The maximum absolute atomic E-state index is 12.2. The van der Waals surface area contributed by atoms with Gasteiger partial charge < -0.3 is 10.1 Å². The Morgan fingerprint density at radius 2 is 1.83 bits per heavy atom. The van der Waals surface area contributed by atoms with E-state index >= 15 is 0 Å². The lowest BCUT2D eigenvalue weighted by molar-refractivity contribution is -0.123. The molecule has 0 spiro atoms. The molecule has 1 unspecified atom stereocenters. The van der Waals surface area contributed by atoms with Gasteiger partial charge in [0, 0.05) is 12.7 Å². The molecule has 24 heavy (non-hydrogen) atoms. The fraction of sp³-hybridized carbons (Fsp3) is 0.267. The minimum atomic E-state index is -1.04. The first-order chi connectivity index (χ1) is 11.2. The summed E-state index contributed by atoms with van der Waals surface area (Å²) in [5.41, 5.74) is 1.21. The third kappa shape index (κ3) is 4.01. The van der Waals surface area contributed by atoms with Gasteiger partial charge in [-0.25, -0.2) is 4.79 Å². The van der Waals surface area contributed by atoms with E-state index < -0.39 is 18.0 Å². The Morgan fingerprint density at radius 3 is 2.42 bits per heavy atom. The summed E-state index contributed by atoms with van der Waals surface area (Å²) in [4.78, 5) is 24.3. The molecular formula is C15H14Cl3N3O3. The van der Waals surface area contributed by atoms with Gasteiger partial charge in [-0.3, -0.25) is 9.48 Å². The van der Waals surface area contributed by atoms with E-state index in [1.54, 1.807) is 14.0 Å². The van der Waals surface area contributed by atoms with Gasteiger partial charge in [0.1, 0.15) is 5.56 Å². The second kappa shape index (κ2) is 7.42. The minimum absolute atomic E-state index is 0.222. The van der Waals surface area contributed by atoms with Gasteiger partial charge in [0.15, 0.2) is 6.10 Å². The van der Waals surface area contributed by atoms with Crippen LogP contribution in [0.1, 0.15) is 23.0 Å². The van der Waals surface area contributed by atoms with Gasteiger partial charge in [-0.15, -0.1) is 0 Å². The normalized spacial score (nSPS) is 11.9. The van der Waals surface area contributed by atoms with Crippen molar-refractivity contribution in [1.82, 2.24) is 9.78 Å². The number of aryl methyl sites for hydroxylation is 1. The van der Waals surface area contributed by atoms with Gasteiger partial charge in [0.25, 0.3) is 5.91 Å². The van der Waals surface area contributed by atoms with Crippen LogP contribution in [0.25, 0.3) is 0 Å². The number of hydrogen-bond donors (Lipinski definition) is 1. The van der Waals surface area contributed by atoms with Gasteiger partial charge in [0.2, 0.25) is 0 Å². The number of anilines is 1. The van der Waals surface area contributed by atoms with E-state index in [2.05, 4.69) is 10.4 Å². The van der Waals surface area contributed by atoms with E-state index in [9.17, 15) is 9.59 Å². The number of nitrogens with zero attached hydrogens (tertiary/aromatic N) is 2. The largest absolute Gasteiger partial charge is 0.449 e. The standard InChI is InChI=1S/C15H14Cl3N3O3/c1-7-9(6-19-21(7)3)15(23)24-8(2)14(22)20-13-5-11(17)10(16)4-12(13)18/h4-6,8H,1-3H3,(H,20,22). The molecule has 128 valence electrons. The van der Waals surface area contributed by atoms with Crippen molar-refractivity contribution in [3.05, 3.63) is 44.7 Å². The lowest BCUT2D eigenvalue weighted by Gasteiger charge is -2.14. The predicted octanol–water partition coefficient (Wildman–Crippen LogP) is 3.87. The molecule has 2 rings (SSSR count). The van der Waals surface area contributed by atoms with Crippen molar-refractivity contribution in [2.75, 3.05) is 5.32 Å². The molecule has 0 fully saturated rings. The molecule has 1 atom stereocenters. The van der Waals surface area contributed by atoms with Crippen molar-refractivity contribution in [2.45, 2.75) is 20.0 Å². The molecule has 1 aromatic carbocycles. The van der Waals surface area contributed by atoms with Crippen LogP contribution < -0.4 is 5.32 Å². The molecule has 2 aromatic rings. The number of halogens is 3. The average Bonchev–Trinajstić information content (AvgIpc) is 2.84. The van der Waals surface area contributed by atoms with Gasteiger partial charge >= 0.3 is 5.97 Å². The van der Waals surface area contributed by atoms with Gasteiger partial charge in [-0.05, 0) is 26.0 Å². The number of carbonyl (C=O) groups excluding carboxylic acids is 2. The Labute approximate surface area is 153 Å². The van der Waals surface area contributed by atoms with Crippen LogP contribution in [-0.4, -0.2) is 27.8 Å². The van der Waals surface area contributed by atoms with Crippen molar-refractivity contribution >= 4 is 52.4 Å². The molecule has 0 saturated carbocycles. The first kappa shape index (κ1) is 18.6. The summed E-state index contributed by atoms with van der Waals surface area (Å²) >= 11 is 17.7. The molecule has 0 saturated heterocycles. The fourth-order valence-corrected chi connectivity index (χ4v) is 2.42. The Morgan fingerprint density at radius 1 is 1.21 bits per heavy atom. The topological polar surface area (TPSA) is 73.2 Å². The van der Waals surface area contributed by atoms with E-state index in [1.807, 2.05) is 0 Å². The summed E-state index contributed by atoms with van der Waals surface area (Å²) in [6.45, 7) is 3.17. The van der Waals surface area contributed by atoms with Crippen LogP contribution in [0.15, 0.2) is 18.3 Å². The second-order valence-electron chi connectivity index (χ2n) is 5.05. The summed E-state index contributed by atoms with van der Waals surface area (Å²) < 4.78 is 6.69. The number of aromatic nitrogens is 2. The van der Waals surface area contributed by atoms with Crippen LogP contribution >= 0.6 is 34.8 Å². The SMILES string of the molecule is Cc1c(C(=O)OC(C)C(=O)Nc2cc(Cl)c(Cl)cc2Cl)cnn1C. The van der Waals surface area contributed by atoms with Crippen LogP contribution in [0, 0.1) is 6.92 Å². The highest BCUT2D eigenvalue weighted by atomic mass is 35.5. The maximum atomic E-state index is 12.2. The molecule has 0 aliphatic heterocycles. The first-order valence-electron chi connectivity index (χ1n) is 6.85. The second-order valence-corrected chi connectivity index (χ2v) is 6.27. The minimum Gasteiger partial charge on any atom is -0.449 e. The third-order valence-corrected chi connectivity index (χ3v) is 4.41. The zero-order chi connectivity index (χ0) is 18.0. The molecule has 1 aromatic heterocycles. The van der Waals surface area contributed by atoms with Gasteiger partial charge in [-0.1, -0.05) is 34.8 Å². The number of benzene rings is 1. The molecule has 0 radical (unpaired) electrons. The number of carbonyl (C=O) groups is 2. The van der Waals surface area contributed by atoms with Crippen LogP contribution in [0.2, 0.25) is 15.1 Å².